The normalized spacial score (nSPS) is 15.2. The number of benzene rings is 1. The lowest BCUT2D eigenvalue weighted by Crippen LogP contribution is -2.37. The lowest BCUT2D eigenvalue weighted by Gasteiger charge is -2.11. The summed E-state index contributed by atoms with van der Waals surface area (Å²) in [5.74, 6) is -0.200. The van der Waals surface area contributed by atoms with Crippen molar-refractivity contribution in [2.24, 2.45) is 11.5 Å². The second-order valence-corrected chi connectivity index (χ2v) is 4.18. The minimum atomic E-state index is -0.715. The summed E-state index contributed by atoms with van der Waals surface area (Å²) in [4.78, 5) is 22.4. The molecule has 2 rings (SSSR count). The summed E-state index contributed by atoms with van der Waals surface area (Å²) in [6.45, 7) is 0. The highest BCUT2D eigenvalue weighted by Gasteiger charge is 2.45. The topological polar surface area (TPSA) is 110 Å². The molecule has 6 nitrogen and oxygen atoms in total. The molecule has 18 heavy (non-hydrogen) atoms. The van der Waals surface area contributed by atoms with Crippen molar-refractivity contribution in [1.82, 2.24) is 0 Å². The van der Waals surface area contributed by atoms with Crippen molar-refractivity contribution in [3.05, 3.63) is 24.3 Å². The first-order chi connectivity index (χ1) is 7.99. The van der Waals surface area contributed by atoms with Crippen LogP contribution in [0, 0.1) is 0 Å². The van der Waals surface area contributed by atoms with Crippen LogP contribution in [0.3, 0.4) is 0 Å². The van der Waals surface area contributed by atoms with Gasteiger partial charge in [-0.2, -0.15) is 0 Å². The van der Waals surface area contributed by atoms with Gasteiger partial charge < -0.3 is 22.1 Å². The van der Waals surface area contributed by atoms with Crippen molar-refractivity contribution < 1.29 is 9.59 Å². The Morgan fingerprint density at radius 1 is 1.17 bits per heavy atom. The Kier molecular flexibility index (Phi) is 4.15. The largest absolute Gasteiger partial charge is 0.351 e. The van der Waals surface area contributed by atoms with Gasteiger partial charge in [0.05, 0.1) is 5.54 Å². The number of anilines is 2. The Labute approximate surface area is 111 Å². The van der Waals surface area contributed by atoms with Gasteiger partial charge in [-0.05, 0) is 31.0 Å². The van der Waals surface area contributed by atoms with Crippen LogP contribution in [0.1, 0.15) is 12.8 Å². The number of carbonyl (C=O) groups is 2. The van der Waals surface area contributed by atoms with E-state index in [-0.39, 0.29) is 18.3 Å². The van der Waals surface area contributed by atoms with Gasteiger partial charge in [0.25, 0.3) is 0 Å². The molecule has 98 valence electrons. The fourth-order valence-electron chi connectivity index (χ4n) is 1.43. The molecule has 0 spiro atoms. The summed E-state index contributed by atoms with van der Waals surface area (Å²) in [7, 11) is 0. The van der Waals surface area contributed by atoms with E-state index in [0.29, 0.717) is 24.2 Å². The van der Waals surface area contributed by atoms with E-state index in [2.05, 4.69) is 10.6 Å². The molecule has 1 aromatic carbocycles. The maximum absolute atomic E-state index is 11.7. The van der Waals surface area contributed by atoms with Gasteiger partial charge in [-0.25, -0.2) is 4.79 Å². The van der Waals surface area contributed by atoms with Crippen LogP contribution in [-0.2, 0) is 4.79 Å². The van der Waals surface area contributed by atoms with Gasteiger partial charge >= 0.3 is 6.03 Å². The molecule has 0 bridgehead atoms. The number of carbonyl (C=O) groups excluding carboxylic acids is 2. The molecule has 0 radical (unpaired) electrons. The SMILES string of the molecule is Cl.NC(=O)Nc1cccc(NC(=O)C2(N)CC2)c1. The smallest absolute Gasteiger partial charge is 0.316 e. The number of hydrogen-bond acceptors (Lipinski definition) is 3. The van der Waals surface area contributed by atoms with E-state index in [0.717, 1.165) is 0 Å². The van der Waals surface area contributed by atoms with Crippen molar-refractivity contribution in [2.45, 2.75) is 18.4 Å². The van der Waals surface area contributed by atoms with Gasteiger partial charge in [0, 0.05) is 11.4 Å². The molecule has 6 N–H and O–H groups in total. The number of primary amides is 1. The molecule has 1 aromatic rings. The molecular weight excluding hydrogens is 256 g/mol. The minimum absolute atomic E-state index is 0. The number of nitrogens with two attached hydrogens (primary N) is 2. The van der Waals surface area contributed by atoms with Gasteiger partial charge in [0.15, 0.2) is 0 Å². The van der Waals surface area contributed by atoms with Crippen molar-refractivity contribution in [3.63, 3.8) is 0 Å². The zero-order chi connectivity index (χ0) is 12.5. The van der Waals surface area contributed by atoms with Crippen molar-refractivity contribution in [3.8, 4) is 0 Å². The van der Waals surface area contributed by atoms with E-state index in [1.165, 1.54) is 0 Å². The molecule has 1 saturated carbocycles. The molecular formula is C11H15ClN4O2. The zero-order valence-corrected chi connectivity index (χ0v) is 10.4. The van der Waals surface area contributed by atoms with E-state index < -0.39 is 11.6 Å². The summed E-state index contributed by atoms with van der Waals surface area (Å²) in [6.07, 6.45) is 1.41. The quantitative estimate of drug-likeness (QED) is 0.658. The van der Waals surface area contributed by atoms with Crippen LogP contribution >= 0.6 is 12.4 Å². The van der Waals surface area contributed by atoms with Crippen LogP contribution in [0.2, 0.25) is 0 Å². The third-order valence-corrected chi connectivity index (χ3v) is 2.63. The molecule has 1 aliphatic rings. The Morgan fingerprint density at radius 2 is 1.72 bits per heavy atom. The van der Waals surface area contributed by atoms with Crippen molar-refractivity contribution in [1.29, 1.82) is 0 Å². The first kappa shape index (κ1) is 14.3. The molecule has 0 unspecified atom stereocenters. The monoisotopic (exact) mass is 270 g/mol. The maximum atomic E-state index is 11.7. The Balaban J connectivity index is 0.00000162. The third kappa shape index (κ3) is 3.35. The molecule has 3 amide bonds. The molecule has 1 fully saturated rings. The molecule has 7 heteroatoms. The van der Waals surface area contributed by atoms with Gasteiger partial charge in [-0.3, -0.25) is 4.79 Å². The van der Waals surface area contributed by atoms with Crippen molar-refractivity contribution in [2.75, 3.05) is 10.6 Å². The number of halogens is 1. The predicted molar refractivity (Wildman–Crippen MR) is 71.7 cm³/mol. The van der Waals surface area contributed by atoms with Gasteiger partial charge in [-0.15, -0.1) is 12.4 Å². The second kappa shape index (κ2) is 5.24. The molecule has 0 saturated heterocycles. The zero-order valence-electron chi connectivity index (χ0n) is 9.60. The van der Waals surface area contributed by atoms with E-state index in [1.54, 1.807) is 24.3 Å². The van der Waals surface area contributed by atoms with Crippen molar-refractivity contribution >= 4 is 35.7 Å². The van der Waals surface area contributed by atoms with E-state index >= 15 is 0 Å². The number of amides is 3. The fourth-order valence-corrected chi connectivity index (χ4v) is 1.43. The lowest BCUT2D eigenvalue weighted by molar-refractivity contribution is -0.118. The van der Waals surface area contributed by atoms with Gasteiger partial charge in [0.1, 0.15) is 0 Å². The van der Waals surface area contributed by atoms with Crippen LogP contribution in [0.15, 0.2) is 24.3 Å². The first-order valence-electron chi connectivity index (χ1n) is 5.26. The minimum Gasteiger partial charge on any atom is -0.351 e. The van der Waals surface area contributed by atoms with Crippen LogP contribution in [0.25, 0.3) is 0 Å². The number of hydrogen-bond donors (Lipinski definition) is 4. The third-order valence-electron chi connectivity index (χ3n) is 2.63. The predicted octanol–water partition coefficient (Wildman–Crippen LogP) is 1.03. The molecule has 1 aliphatic carbocycles. The second-order valence-electron chi connectivity index (χ2n) is 4.18. The summed E-state index contributed by atoms with van der Waals surface area (Å²) in [5.41, 5.74) is 11.1. The molecule has 0 heterocycles. The van der Waals surface area contributed by atoms with Gasteiger partial charge in [0.2, 0.25) is 5.91 Å². The fraction of sp³-hybridized carbons (Fsp3) is 0.273. The Morgan fingerprint density at radius 3 is 2.22 bits per heavy atom. The number of nitrogens with one attached hydrogen (secondary N) is 2. The highest BCUT2D eigenvalue weighted by Crippen LogP contribution is 2.33. The van der Waals surface area contributed by atoms with Gasteiger partial charge in [-0.1, -0.05) is 6.07 Å². The molecule has 0 aliphatic heterocycles. The van der Waals surface area contributed by atoms with Crippen LogP contribution < -0.4 is 22.1 Å². The average Bonchev–Trinajstić information content (AvgIpc) is 2.97. The molecule has 0 atom stereocenters. The molecule has 0 aromatic heterocycles. The average molecular weight is 271 g/mol. The summed E-state index contributed by atoms with van der Waals surface area (Å²) in [6, 6.07) is 6.07. The van der Waals surface area contributed by atoms with E-state index in [1.807, 2.05) is 0 Å². The lowest BCUT2D eigenvalue weighted by atomic mass is 10.2. The van der Waals surface area contributed by atoms with Crippen LogP contribution in [-0.4, -0.2) is 17.5 Å². The standard InChI is InChI=1S/C11H14N4O2.ClH/c12-10(17)15-8-3-1-2-7(6-8)14-9(16)11(13)4-5-11;/h1-3,6H,4-5,13H2,(H,14,16)(H3,12,15,17);1H. The number of urea groups is 1. The Bertz CT molecular complexity index is 474. The van der Waals surface area contributed by atoms with E-state index in [4.69, 9.17) is 11.5 Å². The van der Waals surface area contributed by atoms with Crippen LogP contribution in [0.5, 0.6) is 0 Å². The summed E-state index contributed by atoms with van der Waals surface area (Å²) < 4.78 is 0. The highest BCUT2D eigenvalue weighted by molar-refractivity contribution is 6.00. The summed E-state index contributed by atoms with van der Waals surface area (Å²) in [5, 5.41) is 5.13. The maximum Gasteiger partial charge on any atom is 0.316 e. The van der Waals surface area contributed by atoms with Crippen LogP contribution in [0.4, 0.5) is 16.2 Å². The first-order valence-corrected chi connectivity index (χ1v) is 5.26. The Hall–Kier alpha value is -1.79. The number of rotatable bonds is 3. The highest BCUT2D eigenvalue weighted by atomic mass is 35.5. The van der Waals surface area contributed by atoms with E-state index in [9.17, 15) is 9.59 Å². The summed E-state index contributed by atoms with van der Waals surface area (Å²) >= 11 is 0.